The lowest BCUT2D eigenvalue weighted by Gasteiger charge is -2.25. The van der Waals surface area contributed by atoms with Crippen molar-refractivity contribution in [1.29, 1.82) is 0 Å². The SMILES string of the molecule is CCOC(=O)NCC1(O)CCc2cc(OC)c(OC)cc21. The van der Waals surface area contributed by atoms with Gasteiger partial charge in [0, 0.05) is 0 Å². The molecule has 0 radical (unpaired) electrons. The average Bonchev–Trinajstić information content (AvgIpc) is 2.81. The summed E-state index contributed by atoms with van der Waals surface area (Å²) in [6, 6.07) is 3.64. The zero-order valence-corrected chi connectivity index (χ0v) is 12.6. The zero-order chi connectivity index (χ0) is 15.5. The minimum Gasteiger partial charge on any atom is -0.493 e. The smallest absolute Gasteiger partial charge is 0.407 e. The van der Waals surface area contributed by atoms with Crippen LogP contribution in [0.3, 0.4) is 0 Å². The average molecular weight is 295 g/mol. The molecule has 1 unspecified atom stereocenters. The first-order valence-corrected chi connectivity index (χ1v) is 6.92. The summed E-state index contributed by atoms with van der Waals surface area (Å²) < 4.78 is 15.3. The molecule has 116 valence electrons. The minimum absolute atomic E-state index is 0.105. The van der Waals surface area contributed by atoms with E-state index in [-0.39, 0.29) is 6.54 Å². The van der Waals surface area contributed by atoms with Crippen LogP contribution in [0.1, 0.15) is 24.5 Å². The summed E-state index contributed by atoms with van der Waals surface area (Å²) >= 11 is 0. The molecule has 1 atom stereocenters. The van der Waals surface area contributed by atoms with Gasteiger partial charge in [-0.3, -0.25) is 0 Å². The van der Waals surface area contributed by atoms with Crippen molar-refractivity contribution in [2.24, 2.45) is 0 Å². The number of carbonyl (C=O) groups excluding carboxylic acids is 1. The number of rotatable bonds is 5. The minimum atomic E-state index is -1.11. The third-order valence-corrected chi connectivity index (χ3v) is 3.72. The molecule has 0 spiro atoms. The lowest BCUT2D eigenvalue weighted by atomic mass is 9.95. The molecule has 1 aliphatic rings. The third kappa shape index (κ3) is 3.05. The fourth-order valence-corrected chi connectivity index (χ4v) is 2.62. The van der Waals surface area contributed by atoms with Crippen LogP contribution in [-0.2, 0) is 16.8 Å². The summed E-state index contributed by atoms with van der Waals surface area (Å²) in [7, 11) is 3.13. The number of nitrogens with one attached hydrogen (secondary N) is 1. The molecule has 0 saturated heterocycles. The van der Waals surface area contributed by atoms with Gasteiger partial charge in [0.1, 0.15) is 5.60 Å². The molecule has 0 aliphatic heterocycles. The maximum atomic E-state index is 11.4. The Bertz CT molecular complexity index is 531. The Hall–Kier alpha value is -1.95. The quantitative estimate of drug-likeness (QED) is 0.862. The van der Waals surface area contributed by atoms with E-state index in [4.69, 9.17) is 14.2 Å². The topological polar surface area (TPSA) is 77.0 Å². The largest absolute Gasteiger partial charge is 0.493 e. The number of benzene rings is 1. The Morgan fingerprint density at radius 1 is 1.33 bits per heavy atom. The monoisotopic (exact) mass is 295 g/mol. The van der Waals surface area contributed by atoms with Crippen LogP contribution in [-0.4, -0.2) is 38.6 Å². The normalized spacial score (nSPS) is 19.8. The summed E-state index contributed by atoms with van der Waals surface area (Å²) in [6.07, 6.45) is 0.724. The van der Waals surface area contributed by atoms with Gasteiger partial charge >= 0.3 is 6.09 Å². The van der Waals surface area contributed by atoms with Gasteiger partial charge in [-0.1, -0.05) is 0 Å². The van der Waals surface area contributed by atoms with Crippen molar-refractivity contribution >= 4 is 6.09 Å². The summed E-state index contributed by atoms with van der Waals surface area (Å²) in [5.74, 6) is 1.20. The van der Waals surface area contributed by atoms with Gasteiger partial charge in [0.25, 0.3) is 0 Å². The van der Waals surface area contributed by atoms with Crippen LogP contribution >= 0.6 is 0 Å². The molecule has 0 saturated carbocycles. The van der Waals surface area contributed by atoms with E-state index in [1.165, 1.54) is 0 Å². The van der Waals surface area contributed by atoms with Crippen LogP contribution in [0.4, 0.5) is 4.79 Å². The van der Waals surface area contributed by atoms with Crippen molar-refractivity contribution < 1.29 is 24.1 Å². The highest BCUT2D eigenvalue weighted by atomic mass is 16.5. The van der Waals surface area contributed by atoms with E-state index in [0.717, 1.165) is 17.5 Å². The second kappa shape index (κ2) is 6.22. The molecule has 0 fully saturated rings. The zero-order valence-electron chi connectivity index (χ0n) is 12.6. The van der Waals surface area contributed by atoms with Gasteiger partial charge in [0.15, 0.2) is 11.5 Å². The molecule has 6 nitrogen and oxygen atoms in total. The van der Waals surface area contributed by atoms with Gasteiger partial charge in [-0.2, -0.15) is 0 Å². The summed E-state index contributed by atoms with van der Waals surface area (Å²) in [6.45, 7) is 2.14. The number of aliphatic hydroxyl groups is 1. The van der Waals surface area contributed by atoms with Gasteiger partial charge in [-0.05, 0) is 43.0 Å². The number of fused-ring (bicyclic) bond motifs is 1. The Kier molecular flexibility index (Phi) is 4.57. The van der Waals surface area contributed by atoms with Crippen LogP contribution in [0.2, 0.25) is 0 Å². The first kappa shape index (κ1) is 15.4. The van der Waals surface area contributed by atoms with Crippen molar-refractivity contribution in [3.63, 3.8) is 0 Å². The van der Waals surface area contributed by atoms with Crippen LogP contribution in [0.5, 0.6) is 11.5 Å². The van der Waals surface area contributed by atoms with Gasteiger partial charge < -0.3 is 24.6 Å². The molecule has 2 rings (SSSR count). The maximum absolute atomic E-state index is 11.4. The molecule has 0 bridgehead atoms. The summed E-state index contributed by atoms with van der Waals surface area (Å²) in [5.41, 5.74) is 0.652. The Morgan fingerprint density at radius 3 is 2.62 bits per heavy atom. The maximum Gasteiger partial charge on any atom is 0.407 e. The van der Waals surface area contributed by atoms with Crippen molar-refractivity contribution in [3.05, 3.63) is 23.3 Å². The first-order valence-electron chi connectivity index (χ1n) is 6.92. The Morgan fingerprint density at radius 2 is 2.00 bits per heavy atom. The van der Waals surface area contributed by atoms with Crippen LogP contribution in [0.25, 0.3) is 0 Å². The first-order chi connectivity index (χ1) is 10.0. The summed E-state index contributed by atoms with van der Waals surface area (Å²) in [5, 5.41) is 13.4. The lowest BCUT2D eigenvalue weighted by Crippen LogP contribution is -2.39. The van der Waals surface area contributed by atoms with Crippen LogP contribution in [0, 0.1) is 0 Å². The molecule has 1 aliphatic carbocycles. The van der Waals surface area contributed by atoms with Crippen molar-refractivity contribution in [2.75, 3.05) is 27.4 Å². The Labute approximate surface area is 124 Å². The van der Waals surface area contributed by atoms with E-state index >= 15 is 0 Å². The molecular formula is C15H21NO5. The number of hydrogen-bond acceptors (Lipinski definition) is 5. The number of methoxy groups -OCH3 is 2. The van der Waals surface area contributed by atoms with Crippen molar-refractivity contribution in [2.45, 2.75) is 25.4 Å². The predicted molar refractivity (Wildman–Crippen MR) is 76.8 cm³/mol. The third-order valence-electron chi connectivity index (χ3n) is 3.72. The Balaban J connectivity index is 2.21. The summed E-state index contributed by atoms with van der Waals surface area (Å²) in [4.78, 5) is 11.4. The molecule has 1 aromatic carbocycles. The fourth-order valence-electron chi connectivity index (χ4n) is 2.62. The number of ether oxygens (including phenoxy) is 3. The van der Waals surface area contributed by atoms with E-state index < -0.39 is 11.7 Å². The molecule has 1 aromatic rings. The van der Waals surface area contributed by atoms with E-state index in [1.807, 2.05) is 6.07 Å². The predicted octanol–water partition coefficient (Wildman–Crippen LogP) is 1.58. The van der Waals surface area contributed by atoms with Crippen LogP contribution in [0.15, 0.2) is 12.1 Å². The van der Waals surface area contributed by atoms with E-state index in [9.17, 15) is 9.90 Å². The van der Waals surface area contributed by atoms with E-state index in [1.54, 1.807) is 27.2 Å². The van der Waals surface area contributed by atoms with Crippen molar-refractivity contribution in [1.82, 2.24) is 5.32 Å². The second-order valence-corrected chi connectivity index (χ2v) is 4.97. The molecule has 0 heterocycles. The second-order valence-electron chi connectivity index (χ2n) is 4.97. The molecule has 21 heavy (non-hydrogen) atoms. The standard InChI is InChI=1S/C15H21NO5/c1-4-21-14(17)16-9-15(18)6-5-10-7-12(19-2)13(20-3)8-11(10)15/h7-8,18H,4-6,9H2,1-3H3,(H,16,17). The van der Waals surface area contributed by atoms with Gasteiger partial charge in [-0.15, -0.1) is 0 Å². The van der Waals surface area contributed by atoms with E-state index in [0.29, 0.717) is 24.5 Å². The number of aryl methyl sites for hydroxylation is 1. The molecule has 0 aromatic heterocycles. The lowest BCUT2D eigenvalue weighted by molar-refractivity contribution is 0.0368. The fraction of sp³-hybridized carbons (Fsp3) is 0.533. The van der Waals surface area contributed by atoms with Crippen LogP contribution < -0.4 is 14.8 Å². The van der Waals surface area contributed by atoms with E-state index in [2.05, 4.69) is 5.32 Å². The van der Waals surface area contributed by atoms with Gasteiger partial charge in [0.2, 0.25) is 0 Å². The van der Waals surface area contributed by atoms with Gasteiger partial charge in [0.05, 0.1) is 27.4 Å². The van der Waals surface area contributed by atoms with Gasteiger partial charge in [-0.25, -0.2) is 4.79 Å². The highest BCUT2D eigenvalue weighted by Gasteiger charge is 2.38. The number of carbonyl (C=O) groups is 1. The number of alkyl carbamates (subject to hydrolysis) is 1. The number of amides is 1. The highest BCUT2D eigenvalue weighted by Crippen LogP contribution is 2.42. The molecule has 6 heteroatoms. The van der Waals surface area contributed by atoms with Crippen molar-refractivity contribution in [3.8, 4) is 11.5 Å². The molecule has 1 amide bonds. The number of hydrogen-bond donors (Lipinski definition) is 2. The molecular weight excluding hydrogens is 274 g/mol. The highest BCUT2D eigenvalue weighted by molar-refractivity contribution is 5.67. The molecule has 2 N–H and O–H groups in total.